The molecule has 1 saturated heterocycles. The quantitative estimate of drug-likeness (QED) is 0.889. The molecule has 0 aliphatic carbocycles. The number of aliphatic hydroxyl groups excluding tert-OH is 1. The van der Waals surface area contributed by atoms with Crippen molar-refractivity contribution in [3.63, 3.8) is 0 Å². The van der Waals surface area contributed by atoms with Crippen molar-refractivity contribution in [3.05, 3.63) is 23.3 Å². The second-order valence-electron chi connectivity index (χ2n) is 6.23. The smallest absolute Gasteiger partial charge is 0.414 e. The summed E-state index contributed by atoms with van der Waals surface area (Å²) in [5, 5.41) is 9.38. The molecule has 1 fully saturated rings. The maximum absolute atomic E-state index is 12.6. The van der Waals surface area contributed by atoms with Crippen LogP contribution in [0.2, 0.25) is 0 Å². The van der Waals surface area contributed by atoms with Crippen LogP contribution in [0.25, 0.3) is 0 Å². The largest absolute Gasteiger partial charge is 0.493 e. The summed E-state index contributed by atoms with van der Waals surface area (Å²) in [6.07, 6.45) is -6.07. The van der Waals surface area contributed by atoms with Gasteiger partial charge >= 0.3 is 6.18 Å². The van der Waals surface area contributed by atoms with Crippen LogP contribution in [0.1, 0.15) is 24.0 Å². The van der Waals surface area contributed by atoms with Gasteiger partial charge in [0, 0.05) is 6.54 Å². The molecule has 2 rings (SSSR count). The molecule has 0 aromatic heterocycles. The van der Waals surface area contributed by atoms with Gasteiger partial charge in [-0.3, -0.25) is 4.90 Å². The zero-order chi connectivity index (χ0) is 17.9. The van der Waals surface area contributed by atoms with Gasteiger partial charge in [-0.1, -0.05) is 0 Å². The van der Waals surface area contributed by atoms with E-state index in [2.05, 4.69) is 4.90 Å². The fraction of sp³-hybridized carbons (Fsp3) is 0.647. The Morgan fingerprint density at radius 2 is 1.71 bits per heavy atom. The fourth-order valence-electron chi connectivity index (χ4n) is 3.13. The van der Waals surface area contributed by atoms with E-state index in [1.807, 2.05) is 19.1 Å². The summed E-state index contributed by atoms with van der Waals surface area (Å²) >= 11 is 0. The predicted octanol–water partition coefficient (Wildman–Crippen LogP) is 3.15. The van der Waals surface area contributed by atoms with Crippen LogP contribution >= 0.6 is 0 Å². The number of alkyl halides is 3. The number of halogens is 3. The number of likely N-dealkylation sites (tertiary alicyclic amines) is 1. The van der Waals surface area contributed by atoms with Gasteiger partial charge < -0.3 is 14.6 Å². The first-order valence-electron chi connectivity index (χ1n) is 7.95. The highest BCUT2D eigenvalue weighted by molar-refractivity contribution is 5.47. The second kappa shape index (κ2) is 7.61. The van der Waals surface area contributed by atoms with Gasteiger partial charge in [-0.15, -0.1) is 0 Å². The minimum atomic E-state index is -4.53. The monoisotopic (exact) mass is 347 g/mol. The average molecular weight is 347 g/mol. The normalized spacial score (nSPS) is 18.5. The van der Waals surface area contributed by atoms with Crippen LogP contribution in [-0.4, -0.2) is 49.6 Å². The number of benzene rings is 1. The van der Waals surface area contributed by atoms with E-state index in [0.717, 1.165) is 11.1 Å². The van der Waals surface area contributed by atoms with Gasteiger partial charge in [-0.05, 0) is 62.0 Å². The van der Waals surface area contributed by atoms with Crippen LogP contribution < -0.4 is 9.47 Å². The van der Waals surface area contributed by atoms with Crippen LogP contribution in [0.3, 0.4) is 0 Å². The maximum Gasteiger partial charge on any atom is 0.414 e. The number of piperidine rings is 1. The standard InChI is InChI=1S/C17H24F3NO3/c1-11-8-14(23-2)15(24-3)9-13(11)10-21-6-4-12(5-7-21)16(22)17(18,19)20/h8-9,12,16,22H,4-7,10H2,1-3H3/t16-/m1/s1. The lowest BCUT2D eigenvalue weighted by Gasteiger charge is -2.35. The molecule has 0 amide bonds. The van der Waals surface area contributed by atoms with Crippen LogP contribution in [0.15, 0.2) is 12.1 Å². The number of hydrogen-bond acceptors (Lipinski definition) is 4. The molecule has 1 aliphatic heterocycles. The van der Waals surface area contributed by atoms with E-state index in [9.17, 15) is 18.3 Å². The number of methoxy groups -OCH3 is 2. The number of ether oxygens (including phenoxy) is 2. The molecule has 7 heteroatoms. The highest BCUT2D eigenvalue weighted by Crippen LogP contribution is 2.34. The van der Waals surface area contributed by atoms with Gasteiger partial charge in [-0.2, -0.15) is 13.2 Å². The summed E-state index contributed by atoms with van der Waals surface area (Å²) in [7, 11) is 3.15. The first-order chi connectivity index (χ1) is 11.3. The molecule has 1 aromatic carbocycles. The molecule has 0 spiro atoms. The van der Waals surface area contributed by atoms with Crippen molar-refractivity contribution in [2.75, 3.05) is 27.3 Å². The average Bonchev–Trinajstić information content (AvgIpc) is 2.55. The summed E-state index contributed by atoms with van der Waals surface area (Å²) in [5.74, 6) is 0.582. The van der Waals surface area contributed by atoms with E-state index in [1.54, 1.807) is 14.2 Å². The molecule has 0 bridgehead atoms. The summed E-state index contributed by atoms with van der Waals surface area (Å²) in [6.45, 7) is 3.68. The SMILES string of the molecule is COc1cc(C)c(CN2CCC([C@@H](O)C(F)(F)F)CC2)cc1OC. The van der Waals surface area contributed by atoms with E-state index in [4.69, 9.17) is 9.47 Å². The Morgan fingerprint density at radius 1 is 1.17 bits per heavy atom. The van der Waals surface area contributed by atoms with Crippen molar-refractivity contribution < 1.29 is 27.8 Å². The third-order valence-corrected chi connectivity index (χ3v) is 4.65. The molecular weight excluding hydrogens is 323 g/mol. The first-order valence-corrected chi connectivity index (χ1v) is 7.95. The zero-order valence-electron chi connectivity index (χ0n) is 14.2. The molecule has 1 aromatic rings. The first kappa shape index (κ1) is 18.9. The Bertz CT molecular complexity index is 555. The van der Waals surface area contributed by atoms with Gasteiger partial charge in [0.05, 0.1) is 14.2 Å². The Morgan fingerprint density at radius 3 is 2.21 bits per heavy atom. The molecule has 4 nitrogen and oxygen atoms in total. The maximum atomic E-state index is 12.6. The molecular formula is C17H24F3NO3. The van der Waals surface area contributed by atoms with Gasteiger partial charge in [0.15, 0.2) is 17.6 Å². The molecule has 0 radical (unpaired) electrons. The Hall–Kier alpha value is -1.47. The van der Waals surface area contributed by atoms with Crippen LogP contribution in [0, 0.1) is 12.8 Å². The molecule has 1 aliphatic rings. The molecule has 0 saturated carbocycles. The lowest BCUT2D eigenvalue weighted by atomic mass is 9.90. The van der Waals surface area contributed by atoms with Crippen molar-refractivity contribution >= 4 is 0 Å². The van der Waals surface area contributed by atoms with Crippen molar-refractivity contribution in [1.82, 2.24) is 4.90 Å². The van der Waals surface area contributed by atoms with E-state index in [0.29, 0.717) is 44.0 Å². The van der Waals surface area contributed by atoms with Gasteiger partial charge in [0.25, 0.3) is 0 Å². The minimum absolute atomic E-state index is 0.340. The number of rotatable bonds is 5. The molecule has 1 atom stereocenters. The summed E-state index contributed by atoms with van der Waals surface area (Å²) in [5.41, 5.74) is 2.10. The third kappa shape index (κ3) is 4.33. The van der Waals surface area contributed by atoms with Gasteiger partial charge in [-0.25, -0.2) is 0 Å². The Balaban J connectivity index is 1.99. The van der Waals surface area contributed by atoms with Crippen LogP contribution in [0.5, 0.6) is 11.5 Å². The fourth-order valence-corrected chi connectivity index (χ4v) is 3.13. The van der Waals surface area contributed by atoms with Crippen molar-refractivity contribution in [1.29, 1.82) is 0 Å². The van der Waals surface area contributed by atoms with Gasteiger partial charge in [0.2, 0.25) is 0 Å². The van der Waals surface area contributed by atoms with E-state index in [-0.39, 0.29) is 0 Å². The highest BCUT2D eigenvalue weighted by atomic mass is 19.4. The third-order valence-electron chi connectivity index (χ3n) is 4.65. The van der Waals surface area contributed by atoms with Gasteiger partial charge in [0.1, 0.15) is 0 Å². The lowest BCUT2D eigenvalue weighted by Crippen LogP contribution is -2.43. The highest BCUT2D eigenvalue weighted by Gasteiger charge is 2.44. The van der Waals surface area contributed by atoms with E-state index in [1.165, 1.54) is 0 Å². The van der Waals surface area contributed by atoms with Crippen LogP contribution in [0.4, 0.5) is 13.2 Å². The summed E-state index contributed by atoms with van der Waals surface area (Å²) < 4.78 is 48.4. The molecule has 1 N–H and O–H groups in total. The summed E-state index contributed by atoms with van der Waals surface area (Å²) in [4.78, 5) is 2.11. The van der Waals surface area contributed by atoms with E-state index < -0.39 is 18.2 Å². The van der Waals surface area contributed by atoms with Crippen LogP contribution in [-0.2, 0) is 6.54 Å². The number of aryl methyl sites for hydroxylation is 1. The molecule has 136 valence electrons. The van der Waals surface area contributed by atoms with Crippen molar-refractivity contribution in [2.45, 2.75) is 38.6 Å². The number of nitrogens with zero attached hydrogens (tertiary/aromatic N) is 1. The molecule has 1 heterocycles. The number of hydrogen-bond donors (Lipinski definition) is 1. The lowest BCUT2D eigenvalue weighted by molar-refractivity contribution is -0.223. The summed E-state index contributed by atoms with van der Waals surface area (Å²) in [6, 6.07) is 3.80. The van der Waals surface area contributed by atoms with Crippen molar-refractivity contribution in [2.24, 2.45) is 5.92 Å². The predicted molar refractivity (Wildman–Crippen MR) is 84.3 cm³/mol. The topological polar surface area (TPSA) is 41.9 Å². The molecule has 0 unspecified atom stereocenters. The second-order valence-corrected chi connectivity index (χ2v) is 6.23. The van der Waals surface area contributed by atoms with E-state index >= 15 is 0 Å². The number of aliphatic hydroxyl groups is 1. The minimum Gasteiger partial charge on any atom is -0.493 e. The Kier molecular flexibility index (Phi) is 5.98. The Labute approximate surface area is 140 Å². The zero-order valence-corrected chi connectivity index (χ0v) is 14.2. The molecule has 24 heavy (non-hydrogen) atoms. The van der Waals surface area contributed by atoms with Crippen molar-refractivity contribution in [3.8, 4) is 11.5 Å².